The number of nitrogens with one attached hydrogen (secondary N) is 1. The van der Waals surface area contributed by atoms with E-state index in [-0.39, 0.29) is 11.4 Å². The molecule has 0 saturated carbocycles. The molecule has 117 valence electrons. The number of sulfonamides is 1. The molecule has 1 heterocycles. The Morgan fingerprint density at radius 3 is 2.70 bits per heavy atom. The number of fused-ring (bicyclic) bond motifs is 1. The number of amides is 1. The first-order valence-corrected chi connectivity index (χ1v) is 8.36. The van der Waals surface area contributed by atoms with E-state index in [2.05, 4.69) is 4.98 Å². The van der Waals surface area contributed by atoms with Gasteiger partial charge in [-0.05, 0) is 41.3 Å². The molecule has 1 amide bonds. The average Bonchev–Trinajstić information content (AvgIpc) is 2.94. The van der Waals surface area contributed by atoms with E-state index in [1.807, 2.05) is 6.07 Å². The van der Waals surface area contributed by atoms with Crippen molar-refractivity contribution in [1.29, 1.82) is 0 Å². The van der Waals surface area contributed by atoms with Crippen molar-refractivity contribution >= 4 is 33.0 Å². The highest BCUT2D eigenvalue weighted by molar-refractivity contribution is 7.92. The van der Waals surface area contributed by atoms with Gasteiger partial charge in [0.1, 0.15) is 5.75 Å². The van der Waals surface area contributed by atoms with Gasteiger partial charge in [0.05, 0.1) is 11.4 Å². The largest absolute Gasteiger partial charge is 0.508 e. The average molecular weight is 329 g/mol. The minimum absolute atomic E-state index is 0.0351. The molecule has 6 nitrogen and oxygen atoms in total. The van der Waals surface area contributed by atoms with E-state index in [9.17, 15) is 18.3 Å². The fourth-order valence-corrected chi connectivity index (χ4v) is 3.63. The van der Waals surface area contributed by atoms with E-state index in [0.717, 1.165) is 10.9 Å². The highest BCUT2D eigenvalue weighted by Crippen LogP contribution is 2.24. The highest BCUT2D eigenvalue weighted by Gasteiger charge is 2.24. The van der Waals surface area contributed by atoms with Crippen molar-refractivity contribution in [3.63, 3.8) is 0 Å². The third-order valence-electron chi connectivity index (χ3n) is 3.39. The molecule has 0 spiro atoms. The molecule has 3 rings (SSSR count). The fraction of sp³-hybridized carbons (Fsp3) is 0.0625. The summed E-state index contributed by atoms with van der Waals surface area (Å²) < 4.78 is 25.6. The minimum atomic E-state index is -3.96. The molecule has 1 aromatic heterocycles. The number of hydrogen-bond acceptors (Lipinski definition) is 4. The van der Waals surface area contributed by atoms with Crippen LogP contribution in [0, 0.1) is 0 Å². The van der Waals surface area contributed by atoms with Gasteiger partial charge in [-0.2, -0.15) is 4.31 Å². The lowest BCUT2D eigenvalue weighted by atomic mass is 10.2. The van der Waals surface area contributed by atoms with E-state index in [4.69, 9.17) is 0 Å². The van der Waals surface area contributed by atoms with Crippen LogP contribution >= 0.6 is 0 Å². The molecule has 3 aromatic rings. The van der Waals surface area contributed by atoms with Crippen molar-refractivity contribution in [1.82, 2.24) is 4.98 Å². The van der Waals surface area contributed by atoms with Gasteiger partial charge in [-0.15, -0.1) is 0 Å². The number of carbonyl (C=O) groups excluding carboxylic acids is 1. The van der Waals surface area contributed by atoms with Crippen LogP contribution in [-0.4, -0.2) is 24.9 Å². The molecule has 2 aromatic carbocycles. The summed E-state index contributed by atoms with van der Waals surface area (Å²) >= 11 is 0. The van der Waals surface area contributed by atoms with Crippen LogP contribution < -0.4 is 4.31 Å². The zero-order valence-electron chi connectivity index (χ0n) is 11.9. The second-order valence-electron chi connectivity index (χ2n) is 5.03. The Labute approximate surface area is 133 Å². The molecule has 0 unspecified atom stereocenters. The summed E-state index contributed by atoms with van der Waals surface area (Å²) in [5.74, 6) is -0.452. The Morgan fingerprint density at radius 1 is 1.13 bits per heavy atom. The van der Waals surface area contributed by atoms with E-state index < -0.39 is 15.8 Å². The molecule has 0 aliphatic heterocycles. The highest BCUT2D eigenvalue weighted by atomic mass is 32.2. The van der Waals surface area contributed by atoms with E-state index in [1.54, 1.807) is 36.5 Å². The molecular formula is C16H13N2O4S. The maximum absolute atomic E-state index is 12.5. The number of anilines is 1. The zero-order valence-corrected chi connectivity index (χ0v) is 12.7. The molecule has 23 heavy (non-hydrogen) atoms. The summed E-state index contributed by atoms with van der Waals surface area (Å²) in [5, 5.41) is 10.3. The van der Waals surface area contributed by atoms with Gasteiger partial charge in [-0.25, -0.2) is 8.42 Å². The first-order valence-electron chi connectivity index (χ1n) is 6.75. The molecule has 0 fully saturated rings. The normalized spacial score (nSPS) is 11.5. The molecule has 1 radical (unpaired) electrons. The van der Waals surface area contributed by atoms with Crippen molar-refractivity contribution < 1.29 is 18.3 Å². The molecule has 0 saturated heterocycles. The molecule has 0 bridgehead atoms. The Balaban J connectivity index is 1.96. The van der Waals surface area contributed by atoms with Gasteiger partial charge in [0.15, 0.2) is 0 Å². The van der Waals surface area contributed by atoms with Crippen molar-refractivity contribution in [3.05, 3.63) is 60.3 Å². The van der Waals surface area contributed by atoms with Gasteiger partial charge >= 0.3 is 6.41 Å². The van der Waals surface area contributed by atoms with Gasteiger partial charge in [-0.1, -0.05) is 18.2 Å². The van der Waals surface area contributed by atoms with Crippen molar-refractivity contribution in [3.8, 4) is 5.75 Å². The van der Waals surface area contributed by atoms with Gasteiger partial charge in [0.25, 0.3) is 0 Å². The Morgan fingerprint density at radius 2 is 1.96 bits per heavy atom. The van der Waals surface area contributed by atoms with Crippen molar-refractivity contribution in [2.45, 2.75) is 5.75 Å². The Kier molecular flexibility index (Phi) is 3.79. The summed E-state index contributed by atoms with van der Waals surface area (Å²) in [7, 11) is -3.96. The number of nitrogens with zero attached hydrogens (tertiary/aromatic N) is 1. The van der Waals surface area contributed by atoms with Crippen LogP contribution in [0.2, 0.25) is 0 Å². The van der Waals surface area contributed by atoms with Gasteiger partial charge < -0.3 is 10.1 Å². The monoisotopic (exact) mass is 329 g/mol. The lowest BCUT2D eigenvalue weighted by Crippen LogP contribution is -2.30. The first kappa shape index (κ1) is 15.1. The van der Waals surface area contributed by atoms with Crippen LogP contribution in [-0.2, 0) is 20.6 Å². The number of hydrogen-bond donors (Lipinski definition) is 2. The number of benzene rings is 2. The molecule has 0 aliphatic carbocycles. The summed E-state index contributed by atoms with van der Waals surface area (Å²) in [6.45, 7) is 0. The molecule has 0 atom stereocenters. The van der Waals surface area contributed by atoms with Crippen LogP contribution in [0.5, 0.6) is 5.75 Å². The maximum Gasteiger partial charge on any atom is 0.331 e. The zero-order chi connectivity index (χ0) is 16.4. The van der Waals surface area contributed by atoms with Crippen LogP contribution in [0.25, 0.3) is 10.9 Å². The second kappa shape index (κ2) is 5.77. The van der Waals surface area contributed by atoms with E-state index in [0.29, 0.717) is 9.87 Å². The van der Waals surface area contributed by atoms with Crippen molar-refractivity contribution in [2.75, 3.05) is 4.31 Å². The Hall–Kier alpha value is -2.80. The Bertz CT molecular complexity index is 963. The molecule has 0 aliphatic rings. The number of rotatable bonds is 5. The number of phenols is 1. The van der Waals surface area contributed by atoms with E-state index >= 15 is 0 Å². The standard InChI is InChI=1S/C16H13N2O4S/c19-11-18(14-5-4-13-6-7-17-16(13)9-14)23(21,22)10-12-2-1-3-15(20)8-12/h1-9,17,20H,10H2. The third kappa shape index (κ3) is 3.04. The predicted octanol–water partition coefficient (Wildman–Crippen LogP) is 2.28. The van der Waals surface area contributed by atoms with Crippen LogP contribution in [0.1, 0.15) is 5.56 Å². The molecular weight excluding hydrogens is 316 g/mol. The van der Waals surface area contributed by atoms with E-state index in [1.165, 1.54) is 18.5 Å². The van der Waals surface area contributed by atoms with Gasteiger partial charge in [0, 0.05) is 11.7 Å². The lowest BCUT2D eigenvalue weighted by Gasteiger charge is -2.17. The number of H-pyrrole nitrogens is 1. The fourth-order valence-electron chi connectivity index (χ4n) is 2.35. The molecule has 7 heteroatoms. The second-order valence-corrected chi connectivity index (χ2v) is 6.85. The smallest absolute Gasteiger partial charge is 0.331 e. The number of aromatic nitrogens is 1. The summed E-state index contributed by atoms with van der Waals surface area (Å²) in [6.07, 6.45) is 3.20. The summed E-state index contributed by atoms with van der Waals surface area (Å²) in [4.78, 5) is 14.2. The molecule has 2 N–H and O–H groups in total. The SMILES string of the molecule is O=[C]N(c1ccc2cc[nH]c2c1)S(=O)(=O)Cc1cccc(O)c1. The van der Waals surface area contributed by atoms with Crippen LogP contribution in [0.15, 0.2) is 54.7 Å². The number of aromatic hydroxyl groups is 1. The van der Waals surface area contributed by atoms with Crippen molar-refractivity contribution in [2.24, 2.45) is 0 Å². The number of aromatic amines is 1. The minimum Gasteiger partial charge on any atom is -0.508 e. The topological polar surface area (TPSA) is 90.5 Å². The summed E-state index contributed by atoms with van der Waals surface area (Å²) in [6, 6.07) is 12.6. The first-order chi connectivity index (χ1) is 11.0. The number of phenolic OH excluding ortho intramolecular Hbond substituents is 1. The van der Waals surface area contributed by atoms with Gasteiger partial charge in [0.2, 0.25) is 10.0 Å². The predicted molar refractivity (Wildman–Crippen MR) is 87.2 cm³/mol. The third-order valence-corrected chi connectivity index (χ3v) is 4.93. The van der Waals surface area contributed by atoms with Gasteiger partial charge in [-0.3, -0.25) is 4.79 Å². The maximum atomic E-state index is 12.5. The van der Waals surface area contributed by atoms with Crippen LogP contribution in [0.4, 0.5) is 5.69 Å². The summed E-state index contributed by atoms with van der Waals surface area (Å²) in [5.41, 5.74) is 1.30. The quantitative estimate of drug-likeness (QED) is 0.703. The lowest BCUT2D eigenvalue weighted by molar-refractivity contribution is 0.475. The van der Waals surface area contributed by atoms with Crippen LogP contribution in [0.3, 0.4) is 0 Å².